The van der Waals surface area contributed by atoms with Gasteiger partial charge in [0.05, 0.1) is 6.20 Å². The molecule has 0 spiro atoms. The van der Waals surface area contributed by atoms with E-state index in [-0.39, 0.29) is 18.0 Å². The van der Waals surface area contributed by atoms with E-state index in [0.717, 1.165) is 30.6 Å². The number of carbonyl (C=O) groups is 1. The average Bonchev–Trinajstić information content (AvgIpc) is 3.37. The highest BCUT2D eigenvalue weighted by atomic mass is 35.5. The van der Waals surface area contributed by atoms with Crippen molar-refractivity contribution in [2.24, 2.45) is 0 Å². The van der Waals surface area contributed by atoms with Crippen molar-refractivity contribution >= 4 is 17.5 Å². The van der Waals surface area contributed by atoms with Crippen molar-refractivity contribution in [2.75, 3.05) is 6.54 Å². The van der Waals surface area contributed by atoms with Gasteiger partial charge in [-0.05, 0) is 56.9 Å². The molecular formula is C22H25ClN4O2. The van der Waals surface area contributed by atoms with E-state index < -0.39 is 0 Å². The number of aromatic nitrogens is 3. The predicted octanol–water partition coefficient (Wildman–Crippen LogP) is 5.06. The van der Waals surface area contributed by atoms with Crippen molar-refractivity contribution in [1.29, 1.82) is 0 Å². The maximum Gasteiger partial charge on any atom is 0.272 e. The molecule has 1 atom stereocenters. The zero-order chi connectivity index (χ0) is 20.4. The Hall–Kier alpha value is -2.60. The summed E-state index contributed by atoms with van der Waals surface area (Å²) in [6, 6.07) is 9.47. The molecule has 152 valence electrons. The Bertz CT molecular complexity index is 994. The van der Waals surface area contributed by atoms with Crippen LogP contribution in [-0.2, 0) is 6.42 Å². The number of amides is 1. The molecule has 1 fully saturated rings. The summed E-state index contributed by atoms with van der Waals surface area (Å²) < 4.78 is 7.84. The summed E-state index contributed by atoms with van der Waals surface area (Å²) in [5.41, 5.74) is 1.68. The lowest BCUT2D eigenvalue weighted by atomic mass is 10.0. The summed E-state index contributed by atoms with van der Waals surface area (Å²) in [4.78, 5) is 19.7. The van der Waals surface area contributed by atoms with Crippen LogP contribution in [0.2, 0.25) is 5.02 Å². The first-order valence-corrected chi connectivity index (χ1v) is 10.4. The fraction of sp³-hybridized carbons (Fsp3) is 0.409. The smallest absolute Gasteiger partial charge is 0.272 e. The molecule has 0 saturated carbocycles. The lowest BCUT2D eigenvalue weighted by Gasteiger charge is -2.34. The van der Waals surface area contributed by atoms with Gasteiger partial charge in [-0.2, -0.15) is 5.10 Å². The van der Waals surface area contributed by atoms with E-state index in [4.69, 9.17) is 16.0 Å². The van der Waals surface area contributed by atoms with Crippen LogP contribution >= 0.6 is 11.6 Å². The predicted molar refractivity (Wildman–Crippen MR) is 111 cm³/mol. The van der Waals surface area contributed by atoms with E-state index in [2.05, 4.69) is 10.1 Å². The fourth-order valence-corrected chi connectivity index (χ4v) is 4.09. The van der Waals surface area contributed by atoms with Gasteiger partial charge in [0.2, 0.25) is 5.89 Å². The summed E-state index contributed by atoms with van der Waals surface area (Å²) >= 11 is 6.08. The van der Waals surface area contributed by atoms with E-state index in [1.54, 1.807) is 23.1 Å². The van der Waals surface area contributed by atoms with E-state index in [1.165, 1.54) is 0 Å². The van der Waals surface area contributed by atoms with Gasteiger partial charge in [-0.25, -0.2) is 4.98 Å². The van der Waals surface area contributed by atoms with E-state index in [0.29, 0.717) is 29.6 Å². The second-order valence-electron chi connectivity index (χ2n) is 7.74. The molecule has 3 aromatic rings. The monoisotopic (exact) mass is 412 g/mol. The Kier molecular flexibility index (Phi) is 5.72. The molecule has 7 heteroatoms. The Labute approximate surface area is 175 Å². The van der Waals surface area contributed by atoms with Crippen molar-refractivity contribution in [3.63, 3.8) is 0 Å². The van der Waals surface area contributed by atoms with Crippen LogP contribution in [0, 0.1) is 0 Å². The van der Waals surface area contributed by atoms with Gasteiger partial charge in [-0.1, -0.05) is 23.7 Å². The third kappa shape index (κ3) is 4.22. The average molecular weight is 413 g/mol. The lowest BCUT2D eigenvalue weighted by Crippen LogP contribution is -2.39. The van der Waals surface area contributed by atoms with Crippen molar-refractivity contribution in [2.45, 2.75) is 51.6 Å². The van der Waals surface area contributed by atoms with Gasteiger partial charge in [0.1, 0.15) is 17.5 Å². The van der Waals surface area contributed by atoms with Crippen molar-refractivity contribution in [1.82, 2.24) is 19.7 Å². The first-order chi connectivity index (χ1) is 14.0. The summed E-state index contributed by atoms with van der Waals surface area (Å²) in [5.74, 6) is 1.36. The molecule has 1 unspecified atom stereocenters. The summed E-state index contributed by atoms with van der Waals surface area (Å²) in [5, 5.41) is 5.01. The number of nitrogens with zero attached hydrogens (tertiary/aromatic N) is 4. The van der Waals surface area contributed by atoms with Gasteiger partial charge in [-0.15, -0.1) is 0 Å². The zero-order valence-corrected chi connectivity index (χ0v) is 17.5. The minimum absolute atomic E-state index is 0.0181. The van der Waals surface area contributed by atoms with Crippen LogP contribution in [0.5, 0.6) is 0 Å². The Morgan fingerprint density at radius 2 is 2.17 bits per heavy atom. The van der Waals surface area contributed by atoms with E-state index in [9.17, 15) is 4.79 Å². The number of piperidine rings is 1. The summed E-state index contributed by atoms with van der Waals surface area (Å²) in [7, 11) is 0. The number of rotatable bonds is 5. The van der Waals surface area contributed by atoms with Crippen molar-refractivity contribution in [3.05, 3.63) is 70.7 Å². The van der Waals surface area contributed by atoms with Crippen molar-refractivity contribution < 1.29 is 9.21 Å². The highest BCUT2D eigenvalue weighted by molar-refractivity contribution is 6.30. The second kappa shape index (κ2) is 8.41. The third-order valence-electron chi connectivity index (χ3n) is 5.27. The number of carbonyl (C=O) groups excluding carboxylic acids is 1. The minimum Gasteiger partial charge on any atom is -0.443 e. The van der Waals surface area contributed by atoms with Crippen LogP contribution in [0.15, 0.2) is 47.1 Å². The molecule has 0 N–H and O–H groups in total. The SMILES string of the molecule is CC(C)n1nccc1C(=O)N1CCCCC1c1ncc(Cc2cccc(Cl)c2)o1. The maximum atomic E-state index is 13.3. The van der Waals surface area contributed by atoms with E-state index >= 15 is 0 Å². The molecule has 1 amide bonds. The van der Waals surface area contributed by atoms with Crippen LogP contribution in [0.4, 0.5) is 0 Å². The number of benzene rings is 1. The Morgan fingerprint density at radius 3 is 2.97 bits per heavy atom. The van der Waals surface area contributed by atoms with Crippen LogP contribution in [0.25, 0.3) is 0 Å². The Balaban J connectivity index is 1.56. The lowest BCUT2D eigenvalue weighted by molar-refractivity contribution is 0.0555. The highest BCUT2D eigenvalue weighted by Gasteiger charge is 2.33. The Morgan fingerprint density at radius 1 is 1.31 bits per heavy atom. The highest BCUT2D eigenvalue weighted by Crippen LogP contribution is 2.32. The van der Waals surface area contributed by atoms with Crippen LogP contribution in [0.3, 0.4) is 0 Å². The molecule has 4 rings (SSSR count). The number of halogens is 1. The second-order valence-corrected chi connectivity index (χ2v) is 8.17. The number of hydrogen-bond donors (Lipinski definition) is 0. The molecule has 1 saturated heterocycles. The van der Waals surface area contributed by atoms with Crippen LogP contribution in [-0.4, -0.2) is 32.1 Å². The van der Waals surface area contributed by atoms with Gasteiger partial charge in [0, 0.05) is 30.2 Å². The van der Waals surface area contributed by atoms with Crippen molar-refractivity contribution in [3.8, 4) is 0 Å². The van der Waals surface area contributed by atoms with Crippen LogP contribution in [0.1, 0.15) is 72.9 Å². The number of hydrogen-bond acceptors (Lipinski definition) is 4. The molecule has 0 aliphatic carbocycles. The molecule has 2 aromatic heterocycles. The van der Waals surface area contributed by atoms with E-state index in [1.807, 2.05) is 43.0 Å². The minimum atomic E-state index is -0.153. The van der Waals surface area contributed by atoms with Gasteiger partial charge >= 0.3 is 0 Å². The number of oxazole rings is 1. The molecular weight excluding hydrogens is 388 g/mol. The fourth-order valence-electron chi connectivity index (χ4n) is 3.88. The molecule has 1 aliphatic rings. The van der Waals surface area contributed by atoms with Gasteiger partial charge < -0.3 is 9.32 Å². The molecule has 3 heterocycles. The molecule has 1 aliphatic heterocycles. The van der Waals surface area contributed by atoms with Gasteiger partial charge in [0.15, 0.2) is 0 Å². The quantitative estimate of drug-likeness (QED) is 0.587. The normalized spacial score (nSPS) is 17.1. The number of likely N-dealkylation sites (tertiary alicyclic amines) is 1. The van der Waals surface area contributed by atoms with Gasteiger partial charge in [-0.3, -0.25) is 9.48 Å². The maximum absolute atomic E-state index is 13.3. The third-order valence-corrected chi connectivity index (χ3v) is 5.50. The standard InChI is InChI=1S/C22H25ClN4O2/c1-15(2)27-20(9-10-25-27)22(28)26-11-4-3-8-19(26)21-24-14-18(29-21)13-16-6-5-7-17(23)12-16/h5-7,9-10,12,14-15,19H,3-4,8,11,13H2,1-2H3. The molecule has 0 bridgehead atoms. The largest absolute Gasteiger partial charge is 0.443 e. The molecule has 0 radical (unpaired) electrons. The van der Waals surface area contributed by atoms with Crippen LogP contribution < -0.4 is 0 Å². The zero-order valence-electron chi connectivity index (χ0n) is 16.7. The molecule has 6 nitrogen and oxygen atoms in total. The topological polar surface area (TPSA) is 64.2 Å². The summed E-state index contributed by atoms with van der Waals surface area (Å²) in [6.07, 6.45) is 6.93. The first-order valence-electron chi connectivity index (χ1n) is 10.1. The summed E-state index contributed by atoms with van der Waals surface area (Å²) in [6.45, 7) is 4.74. The first kappa shape index (κ1) is 19.7. The van der Waals surface area contributed by atoms with Gasteiger partial charge in [0.25, 0.3) is 5.91 Å². The molecule has 29 heavy (non-hydrogen) atoms. The molecule has 1 aromatic carbocycles.